The summed E-state index contributed by atoms with van der Waals surface area (Å²) in [4.78, 5) is 26.5. The number of nitrogen functional groups attached to an aromatic ring is 1. The van der Waals surface area contributed by atoms with Crippen LogP contribution in [0.4, 0.5) is 16.2 Å². The van der Waals surface area contributed by atoms with E-state index in [-0.39, 0.29) is 13.0 Å². The Morgan fingerprint density at radius 1 is 1.17 bits per heavy atom. The van der Waals surface area contributed by atoms with Crippen molar-refractivity contribution >= 4 is 29.6 Å². The third kappa shape index (κ3) is 5.98. The van der Waals surface area contributed by atoms with Crippen molar-refractivity contribution in [2.24, 2.45) is 5.16 Å². The Kier molecular flexibility index (Phi) is 8.62. The van der Waals surface area contributed by atoms with Gasteiger partial charge in [-0.3, -0.25) is 4.79 Å². The van der Waals surface area contributed by atoms with E-state index in [9.17, 15) is 14.9 Å². The number of amides is 2. The van der Waals surface area contributed by atoms with Crippen molar-refractivity contribution in [3.8, 4) is 17.2 Å². The molecular weight excluding hydrogens is 458 g/mol. The molecule has 0 saturated heterocycles. The average molecular weight is 486 g/mol. The minimum atomic E-state index is -0.871. The third-order valence-corrected chi connectivity index (χ3v) is 5.60. The number of rotatable bonds is 8. The van der Waals surface area contributed by atoms with Crippen LogP contribution < -0.4 is 11.1 Å². The Morgan fingerprint density at radius 3 is 2.56 bits per heavy atom. The first-order valence-electron chi connectivity index (χ1n) is 11.2. The van der Waals surface area contributed by atoms with Crippen LogP contribution in [0.1, 0.15) is 23.6 Å². The van der Waals surface area contributed by atoms with Crippen LogP contribution in [0.25, 0.3) is 11.1 Å². The summed E-state index contributed by atoms with van der Waals surface area (Å²) < 4.78 is 4.98. The van der Waals surface area contributed by atoms with E-state index in [2.05, 4.69) is 16.5 Å². The Morgan fingerprint density at radius 2 is 1.89 bits per heavy atom. The molecule has 9 heteroatoms. The van der Waals surface area contributed by atoms with Gasteiger partial charge in [-0.1, -0.05) is 47.6 Å². The number of nitrogens with one attached hydrogen (secondary N) is 1. The normalized spacial score (nSPS) is 11.5. The van der Waals surface area contributed by atoms with Crippen molar-refractivity contribution < 1.29 is 19.5 Å². The first kappa shape index (κ1) is 25.8. The zero-order chi connectivity index (χ0) is 26.1. The molecule has 0 aliphatic carbocycles. The first-order valence-corrected chi connectivity index (χ1v) is 11.2. The number of benzene rings is 3. The fourth-order valence-corrected chi connectivity index (χ4v) is 3.77. The average Bonchev–Trinajstić information content (AvgIpc) is 2.90. The lowest BCUT2D eigenvalue weighted by Crippen LogP contribution is -2.45. The lowest BCUT2D eigenvalue weighted by Gasteiger charge is -2.24. The minimum Gasteiger partial charge on any atom is -0.449 e. The molecule has 3 rings (SSSR count). The minimum absolute atomic E-state index is 0.131. The van der Waals surface area contributed by atoms with Crippen molar-refractivity contribution in [2.45, 2.75) is 19.4 Å². The van der Waals surface area contributed by atoms with E-state index >= 15 is 0 Å². The molecule has 3 aromatic rings. The second kappa shape index (κ2) is 12.0. The van der Waals surface area contributed by atoms with Gasteiger partial charge in [-0.25, -0.2) is 9.69 Å². The second-order valence-corrected chi connectivity index (χ2v) is 7.90. The molecule has 0 aromatic heterocycles. The summed E-state index contributed by atoms with van der Waals surface area (Å²) in [6.07, 6.45) is 0.596. The number of ether oxygens (including phenoxy) is 1. The summed E-state index contributed by atoms with van der Waals surface area (Å²) in [7, 11) is 1.35. The highest BCUT2D eigenvalue weighted by molar-refractivity contribution is 5.97. The lowest BCUT2D eigenvalue weighted by atomic mass is 9.97. The van der Waals surface area contributed by atoms with E-state index in [4.69, 9.17) is 15.7 Å². The van der Waals surface area contributed by atoms with E-state index in [1.165, 1.54) is 13.3 Å². The maximum absolute atomic E-state index is 13.3. The summed E-state index contributed by atoms with van der Waals surface area (Å²) in [6.45, 7) is 1.79. The van der Waals surface area contributed by atoms with E-state index in [0.29, 0.717) is 28.1 Å². The zero-order valence-corrected chi connectivity index (χ0v) is 20.0. The van der Waals surface area contributed by atoms with Crippen molar-refractivity contribution in [1.29, 1.82) is 5.26 Å². The number of carbonyl (C=O) groups excluding carboxylic acids is 2. The van der Waals surface area contributed by atoms with Gasteiger partial charge in [0.25, 0.3) is 5.91 Å². The maximum Gasteiger partial charge on any atom is 0.416 e. The molecule has 0 aliphatic heterocycles. The number of nitriles is 1. The van der Waals surface area contributed by atoms with Crippen molar-refractivity contribution in [3.63, 3.8) is 0 Å². The van der Waals surface area contributed by atoms with Gasteiger partial charge in [-0.15, -0.1) is 0 Å². The first-order chi connectivity index (χ1) is 17.4. The van der Waals surface area contributed by atoms with Gasteiger partial charge in [-0.2, -0.15) is 5.26 Å². The van der Waals surface area contributed by atoms with Crippen LogP contribution >= 0.6 is 0 Å². The van der Waals surface area contributed by atoms with Crippen LogP contribution in [0.2, 0.25) is 0 Å². The standard InChI is InChI=1S/C27H27N5O4/c1-3-36-27(34)32(2)26(33)25(15-19-8-6-10-24(29)23(19)17-30-35)31-21-13-11-18(12-14-21)22-9-5-4-7-20(22)16-28/h4-14,17,25,31,35H,3,15,29H2,1-2H3/t25-/m0/s1. The monoisotopic (exact) mass is 485 g/mol. The van der Waals surface area contributed by atoms with Gasteiger partial charge >= 0.3 is 6.09 Å². The predicted molar refractivity (Wildman–Crippen MR) is 138 cm³/mol. The van der Waals surface area contributed by atoms with Gasteiger partial charge in [0.15, 0.2) is 0 Å². The Hall–Kier alpha value is -4.84. The summed E-state index contributed by atoms with van der Waals surface area (Å²) >= 11 is 0. The molecule has 0 bridgehead atoms. The van der Waals surface area contributed by atoms with Crippen molar-refractivity contribution in [3.05, 3.63) is 83.4 Å². The number of hydrogen-bond donors (Lipinski definition) is 3. The number of carbonyl (C=O) groups is 2. The molecule has 0 heterocycles. The van der Waals surface area contributed by atoms with Gasteiger partial charge in [0.05, 0.1) is 24.5 Å². The van der Waals surface area contributed by atoms with Gasteiger partial charge < -0.3 is 21.0 Å². The fourth-order valence-electron chi connectivity index (χ4n) is 3.77. The number of imide groups is 1. The number of nitrogens with two attached hydrogens (primary N) is 1. The third-order valence-electron chi connectivity index (χ3n) is 5.60. The molecule has 1 atom stereocenters. The number of likely N-dealkylation sites (N-methyl/N-ethyl adjacent to an activating group) is 1. The Balaban J connectivity index is 1.93. The lowest BCUT2D eigenvalue weighted by molar-refractivity contribution is -0.129. The van der Waals surface area contributed by atoms with Crippen molar-refractivity contribution in [2.75, 3.05) is 24.7 Å². The molecule has 0 saturated carbocycles. The van der Waals surface area contributed by atoms with Gasteiger partial charge in [-0.05, 0) is 47.9 Å². The van der Waals surface area contributed by atoms with E-state index in [1.54, 1.807) is 49.4 Å². The summed E-state index contributed by atoms with van der Waals surface area (Å²) in [5.41, 5.74) is 10.4. The number of oxime groups is 1. The largest absolute Gasteiger partial charge is 0.449 e. The second-order valence-electron chi connectivity index (χ2n) is 7.90. The van der Waals surface area contributed by atoms with Crippen LogP contribution in [0, 0.1) is 11.3 Å². The molecule has 2 amide bonds. The quantitative estimate of drug-likeness (QED) is 0.187. The van der Waals surface area contributed by atoms with Crippen LogP contribution in [0.15, 0.2) is 71.9 Å². The fraction of sp³-hybridized carbons (Fsp3) is 0.185. The molecule has 184 valence electrons. The predicted octanol–water partition coefficient (Wildman–Crippen LogP) is 4.25. The van der Waals surface area contributed by atoms with Crippen molar-refractivity contribution in [1.82, 2.24) is 4.90 Å². The molecule has 4 N–H and O–H groups in total. The zero-order valence-electron chi connectivity index (χ0n) is 20.0. The molecule has 0 spiro atoms. The molecule has 36 heavy (non-hydrogen) atoms. The van der Waals surface area contributed by atoms with Crippen LogP contribution in [0.3, 0.4) is 0 Å². The Labute approximate surface area is 209 Å². The highest BCUT2D eigenvalue weighted by atomic mass is 16.6. The maximum atomic E-state index is 13.3. The number of nitrogens with zero attached hydrogens (tertiary/aromatic N) is 3. The smallest absolute Gasteiger partial charge is 0.416 e. The molecule has 3 aromatic carbocycles. The van der Waals surface area contributed by atoms with Gasteiger partial charge in [0.1, 0.15) is 6.04 Å². The summed E-state index contributed by atoms with van der Waals surface area (Å²) in [5, 5.41) is 24.7. The van der Waals surface area contributed by atoms with Crippen LogP contribution in [-0.2, 0) is 16.0 Å². The van der Waals surface area contributed by atoms with Gasteiger partial charge in [0.2, 0.25) is 0 Å². The number of anilines is 2. The van der Waals surface area contributed by atoms with Gasteiger partial charge in [0, 0.05) is 30.4 Å². The molecule has 0 radical (unpaired) electrons. The van der Waals surface area contributed by atoms with E-state index in [1.807, 2.05) is 24.3 Å². The topological polar surface area (TPSA) is 141 Å². The highest BCUT2D eigenvalue weighted by Gasteiger charge is 2.28. The molecule has 0 unspecified atom stereocenters. The summed E-state index contributed by atoms with van der Waals surface area (Å²) in [5.74, 6) is -0.512. The van der Waals surface area contributed by atoms with Crippen LogP contribution in [0.5, 0.6) is 0 Å². The SMILES string of the molecule is CCOC(=O)N(C)C(=O)[C@H](Cc1cccc(N)c1C=NO)Nc1ccc(-c2ccccc2C#N)cc1. The summed E-state index contributed by atoms with van der Waals surface area (Å²) in [6, 6.07) is 21.0. The Bertz CT molecular complexity index is 1300. The molecular formula is C27H27N5O4. The molecule has 9 nitrogen and oxygen atoms in total. The van der Waals surface area contributed by atoms with E-state index < -0.39 is 18.0 Å². The highest BCUT2D eigenvalue weighted by Crippen LogP contribution is 2.26. The van der Waals surface area contributed by atoms with Crippen LogP contribution in [-0.4, -0.2) is 48.0 Å². The molecule has 0 fully saturated rings. The van der Waals surface area contributed by atoms with E-state index in [0.717, 1.165) is 16.0 Å². The number of hydrogen-bond acceptors (Lipinski definition) is 8. The molecule has 0 aliphatic rings.